The van der Waals surface area contributed by atoms with Crippen molar-refractivity contribution in [2.45, 2.75) is 32.6 Å². The van der Waals surface area contributed by atoms with Crippen LogP contribution in [0, 0.1) is 13.8 Å². The second-order valence-corrected chi connectivity index (χ2v) is 9.17. The second-order valence-electron chi connectivity index (χ2n) is 8.28. The van der Waals surface area contributed by atoms with Crippen molar-refractivity contribution in [1.82, 2.24) is 15.0 Å². The quantitative estimate of drug-likeness (QED) is 0.422. The number of benzene rings is 1. The summed E-state index contributed by atoms with van der Waals surface area (Å²) in [7, 11) is 0. The van der Waals surface area contributed by atoms with E-state index in [1.54, 1.807) is 29.2 Å². The first-order valence-corrected chi connectivity index (χ1v) is 11.8. The zero-order valence-corrected chi connectivity index (χ0v) is 19.2. The lowest BCUT2D eigenvalue weighted by molar-refractivity contribution is 0.0675. The maximum absolute atomic E-state index is 12.8. The third-order valence-electron chi connectivity index (χ3n) is 5.95. The van der Waals surface area contributed by atoms with E-state index in [-0.39, 0.29) is 17.6 Å². The van der Waals surface area contributed by atoms with Gasteiger partial charge in [-0.3, -0.25) is 4.79 Å². The van der Waals surface area contributed by atoms with Crippen molar-refractivity contribution in [1.29, 1.82) is 0 Å². The minimum atomic E-state index is -0.498. The Labute approximate surface area is 194 Å². The molecule has 168 valence electrons. The highest BCUT2D eigenvalue weighted by Gasteiger charge is 2.28. The predicted molar refractivity (Wildman–Crippen MR) is 125 cm³/mol. The maximum atomic E-state index is 12.8. The Morgan fingerprint density at radius 2 is 1.88 bits per heavy atom. The number of amides is 1. The summed E-state index contributed by atoms with van der Waals surface area (Å²) < 4.78 is 10.6. The molecule has 4 aromatic rings. The van der Waals surface area contributed by atoms with Crippen LogP contribution in [-0.4, -0.2) is 34.0 Å². The van der Waals surface area contributed by atoms with Crippen LogP contribution >= 0.6 is 11.3 Å². The lowest BCUT2D eigenvalue weighted by Gasteiger charge is -2.30. The molecular formula is C25H23N3O4S. The summed E-state index contributed by atoms with van der Waals surface area (Å²) in [6.07, 6.45) is 1.62. The number of nitrogens with zero attached hydrogens (tertiary/aromatic N) is 3. The molecule has 0 bridgehead atoms. The van der Waals surface area contributed by atoms with E-state index in [2.05, 4.69) is 10.5 Å². The van der Waals surface area contributed by atoms with Crippen LogP contribution in [0.3, 0.4) is 0 Å². The number of thiazole rings is 1. The summed E-state index contributed by atoms with van der Waals surface area (Å²) in [6, 6.07) is 13.0. The fourth-order valence-electron chi connectivity index (χ4n) is 4.25. The molecule has 1 aromatic carbocycles. The van der Waals surface area contributed by atoms with E-state index in [9.17, 15) is 9.59 Å². The van der Waals surface area contributed by atoms with Gasteiger partial charge >= 0.3 is 5.63 Å². The average Bonchev–Trinajstić information content (AvgIpc) is 3.45. The molecule has 0 unspecified atom stereocenters. The van der Waals surface area contributed by atoms with Gasteiger partial charge in [-0.05, 0) is 38.3 Å². The van der Waals surface area contributed by atoms with E-state index in [1.165, 1.54) is 6.07 Å². The fraction of sp³-hybridized carbons (Fsp3) is 0.280. The van der Waals surface area contributed by atoms with Crippen molar-refractivity contribution in [3.8, 4) is 22.5 Å². The molecule has 0 radical (unpaired) electrons. The van der Waals surface area contributed by atoms with Gasteiger partial charge in [-0.1, -0.05) is 35.5 Å². The molecule has 1 aliphatic rings. The van der Waals surface area contributed by atoms with Crippen LogP contribution < -0.4 is 5.63 Å². The normalized spacial score (nSPS) is 14.5. The average molecular weight is 462 g/mol. The number of aryl methyl sites for hydroxylation is 2. The number of hydrogen-bond acceptors (Lipinski definition) is 7. The molecule has 0 aliphatic carbocycles. The van der Waals surface area contributed by atoms with Gasteiger partial charge in [0, 0.05) is 36.0 Å². The van der Waals surface area contributed by atoms with Crippen LogP contribution in [0.2, 0.25) is 0 Å². The van der Waals surface area contributed by atoms with Gasteiger partial charge in [-0.15, -0.1) is 11.3 Å². The van der Waals surface area contributed by atoms with Crippen LogP contribution in [0.15, 0.2) is 61.6 Å². The minimum Gasteiger partial charge on any atom is -0.417 e. The first-order chi connectivity index (χ1) is 16.0. The largest absolute Gasteiger partial charge is 0.417 e. The topological polar surface area (TPSA) is 89.4 Å². The highest BCUT2D eigenvalue weighted by atomic mass is 32.1. The molecule has 33 heavy (non-hydrogen) atoms. The molecule has 4 heterocycles. The van der Waals surface area contributed by atoms with Gasteiger partial charge in [-0.2, -0.15) is 0 Å². The Bertz CT molecular complexity index is 1350. The summed E-state index contributed by atoms with van der Waals surface area (Å²) in [5.41, 5.74) is 3.80. The highest BCUT2D eigenvalue weighted by molar-refractivity contribution is 7.10. The number of carbonyl (C=O) groups is 1. The summed E-state index contributed by atoms with van der Waals surface area (Å²) >= 11 is 1.63. The molecule has 3 aromatic heterocycles. The molecular weight excluding hydrogens is 438 g/mol. The van der Waals surface area contributed by atoms with Gasteiger partial charge in [0.2, 0.25) is 0 Å². The van der Waals surface area contributed by atoms with Crippen molar-refractivity contribution < 1.29 is 13.7 Å². The second kappa shape index (κ2) is 8.78. The number of likely N-dealkylation sites (tertiary alicyclic amines) is 1. The monoisotopic (exact) mass is 461 g/mol. The van der Waals surface area contributed by atoms with Gasteiger partial charge in [0.25, 0.3) is 5.91 Å². The van der Waals surface area contributed by atoms with Crippen LogP contribution in [-0.2, 0) is 0 Å². The van der Waals surface area contributed by atoms with Gasteiger partial charge in [0.15, 0.2) is 5.76 Å². The van der Waals surface area contributed by atoms with Crippen LogP contribution in [0.25, 0.3) is 22.5 Å². The Kier molecular flexibility index (Phi) is 5.68. The molecule has 0 N–H and O–H groups in total. The van der Waals surface area contributed by atoms with E-state index < -0.39 is 5.63 Å². The summed E-state index contributed by atoms with van der Waals surface area (Å²) in [6.45, 7) is 4.87. The summed E-state index contributed by atoms with van der Waals surface area (Å²) in [5, 5.41) is 7.38. The molecule has 0 spiro atoms. The van der Waals surface area contributed by atoms with E-state index in [0.29, 0.717) is 13.1 Å². The molecule has 7 nitrogen and oxygen atoms in total. The first-order valence-electron chi connectivity index (χ1n) is 10.9. The molecule has 0 atom stereocenters. The molecule has 1 amide bonds. The van der Waals surface area contributed by atoms with Crippen molar-refractivity contribution >= 4 is 17.2 Å². The molecule has 8 heteroatoms. The van der Waals surface area contributed by atoms with Gasteiger partial charge in [-0.25, -0.2) is 9.78 Å². The lowest BCUT2D eigenvalue weighted by Crippen LogP contribution is -2.38. The molecule has 5 rings (SSSR count). The lowest BCUT2D eigenvalue weighted by atomic mass is 9.97. The zero-order chi connectivity index (χ0) is 22.9. The minimum absolute atomic E-state index is 0.103. The van der Waals surface area contributed by atoms with Crippen LogP contribution in [0.4, 0.5) is 0 Å². The Hall–Kier alpha value is -3.52. The number of piperidine rings is 1. The molecule has 0 saturated carbocycles. The smallest absolute Gasteiger partial charge is 0.336 e. The molecule has 1 saturated heterocycles. The third kappa shape index (κ3) is 4.26. The number of rotatable bonds is 4. The third-order valence-corrected chi connectivity index (χ3v) is 6.95. The van der Waals surface area contributed by atoms with E-state index in [0.717, 1.165) is 51.7 Å². The van der Waals surface area contributed by atoms with Crippen molar-refractivity contribution in [3.63, 3.8) is 0 Å². The predicted octanol–water partition coefficient (Wildman–Crippen LogP) is 5.05. The Morgan fingerprint density at radius 3 is 2.61 bits per heavy atom. The maximum Gasteiger partial charge on any atom is 0.336 e. The van der Waals surface area contributed by atoms with Crippen LogP contribution in [0.5, 0.6) is 0 Å². The summed E-state index contributed by atoms with van der Waals surface area (Å²) in [4.78, 5) is 31.1. The zero-order valence-electron chi connectivity index (χ0n) is 18.4. The van der Waals surface area contributed by atoms with Gasteiger partial charge in [0.05, 0.1) is 16.3 Å². The molecule has 1 fully saturated rings. The van der Waals surface area contributed by atoms with E-state index >= 15 is 0 Å². The Balaban J connectivity index is 1.31. The Morgan fingerprint density at radius 1 is 1.12 bits per heavy atom. The number of aromatic nitrogens is 2. The summed E-state index contributed by atoms with van der Waals surface area (Å²) in [5.74, 6) is 0.886. The molecule has 1 aliphatic heterocycles. The SMILES string of the molecule is Cc1cc(C(=O)N2CCC(c3nc(-c4c(-c5ccccc5)noc4C)cs3)CC2)oc(=O)c1. The van der Waals surface area contributed by atoms with Gasteiger partial charge in [0.1, 0.15) is 11.5 Å². The standard InChI is InChI=1S/C25H23N3O4S/c1-15-12-20(31-21(29)13-15)25(30)28-10-8-18(9-11-28)24-26-19(14-33-24)22-16(2)32-27-23(22)17-6-4-3-5-7-17/h3-7,12-14,18H,8-11H2,1-2H3. The van der Waals surface area contributed by atoms with Gasteiger partial charge < -0.3 is 13.8 Å². The van der Waals surface area contributed by atoms with Crippen molar-refractivity contribution in [2.24, 2.45) is 0 Å². The van der Waals surface area contributed by atoms with E-state index in [4.69, 9.17) is 13.9 Å². The highest BCUT2D eigenvalue weighted by Crippen LogP contribution is 2.38. The van der Waals surface area contributed by atoms with Crippen molar-refractivity contribution in [2.75, 3.05) is 13.1 Å². The number of carbonyl (C=O) groups excluding carboxylic acids is 1. The first kappa shape index (κ1) is 21.3. The number of hydrogen-bond donors (Lipinski definition) is 0. The van der Waals surface area contributed by atoms with E-state index in [1.807, 2.05) is 37.3 Å². The van der Waals surface area contributed by atoms with Crippen molar-refractivity contribution in [3.05, 3.63) is 80.4 Å². The van der Waals surface area contributed by atoms with Crippen LogP contribution in [0.1, 0.15) is 45.6 Å². The fourth-order valence-corrected chi connectivity index (χ4v) is 5.23.